The molecule has 1 aromatic heterocycles. The first-order valence-electron chi connectivity index (χ1n) is 7.09. The number of fused-ring (bicyclic) bond motifs is 1. The number of benzene rings is 2. The average molecular weight is 292 g/mol. The van der Waals surface area contributed by atoms with E-state index in [1.165, 1.54) is 0 Å². The van der Waals surface area contributed by atoms with Crippen molar-refractivity contribution in [3.63, 3.8) is 0 Å². The van der Waals surface area contributed by atoms with Gasteiger partial charge in [0, 0.05) is 18.1 Å². The maximum atomic E-state index is 11.8. The minimum absolute atomic E-state index is 0.00139. The Morgan fingerprint density at radius 1 is 1.05 bits per heavy atom. The predicted molar refractivity (Wildman–Crippen MR) is 85.5 cm³/mol. The van der Waals surface area contributed by atoms with Crippen LogP contribution in [0, 0.1) is 0 Å². The smallest absolute Gasteiger partial charge is 0.258 e. The Bertz CT molecular complexity index is 772. The number of nitrogens with one attached hydrogen (secondary N) is 1. The highest BCUT2D eigenvalue weighted by atomic mass is 16.5. The predicted octanol–water partition coefficient (Wildman–Crippen LogP) is 2.93. The molecule has 0 aliphatic carbocycles. The fraction of sp³-hybridized carbons (Fsp3) is 0.111. The molecule has 4 nitrogen and oxygen atoms in total. The molecule has 1 amide bonds. The Labute approximate surface area is 128 Å². The molecule has 110 valence electrons. The van der Waals surface area contributed by atoms with Gasteiger partial charge in [-0.1, -0.05) is 36.4 Å². The van der Waals surface area contributed by atoms with Crippen molar-refractivity contribution in [2.45, 2.75) is 6.54 Å². The molecule has 0 aliphatic rings. The lowest BCUT2D eigenvalue weighted by molar-refractivity contribution is -0.123. The van der Waals surface area contributed by atoms with Gasteiger partial charge in [0.05, 0.1) is 5.52 Å². The van der Waals surface area contributed by atoms with E-state index in [-0.39, 0.29) is 12.5 Å². The standard InChI is InChI=1S/C18H16N2O2/c21-18(20-12-14-5-2-1-3-6-14)13-22-16-8-9-17-15(11-16)7-4-10-19-17/h1-11H,12-13H2,(H,20,21). The molecule has 0 radical (unpaired) electrons. The van der Waals surface area contributed by atoms with E-state index in [4.69, 9.17) is 4.74 Å². The molecule has 0 aliphatic heterocycles. The van der Waals surface area contributed by atoms with Crippen molar-refractivity contribution >= 4 is 16.8 Å². The van der Waals surface area contributed by atoms with Crippen molar-refractivity contribution in [3.8, 4) is 5.75 Å². The molecular weight excluding hydrogens is 276 g/mol. The van der Waals surface area contributed by atoms with Crippen molar-refractivity contribution in [1.82, 2.24) is 10.3 Å². The molecule has 2 aromatic carbocycles. The zero-order valence-electron chi connectivity index (χ0n) is 12.0. The largest absolute Gasteiger partial charge is 0.484 e. The van der Waals surface area contributed by atoms with Crippen LogP contribution in [-0.2, 0) is 11.3 Å². The molecule has 4 heteroatoms. The maximum absolute atomic E-state index is 11.8. The second kappa shape index (κ2) is 6.72. The Morgan fingerprint density at radius 2 is 1.91 bits per heavy atom. The van der Waals surface area contributed by atoms with Gasteiger partial charge >= 0.3 is 0 Å². The first kappa shape index (κ1) is 14.1. The van der Waals surface area contributed by atoms with Crippen molar-refractivity contribution in [3.05, 3.63) is 72.4 Å². The molecule has 22 heavy (non-hydrogen) atoms. The van der Waals surface area contributed by atoms with Crippen LogP contribution in [0.3, 0.4) is 0 Å². The summed E-state index contributed by atoms with van der Waals surface area (Å²) in [5.74, 6) is 0.519. The van der Waals surface area contributed by atoms with Gasteiger partial charge in [-0.15, -0.1) is 0 Å². The van der Waals surface area contributed by atoms with Gasteiger partial charge in [0.25, 0.3) is 5.91 Å². The van der Waals surface area contributed by atoms with E-state index < -0.39 is 0 Å². The van der Waals surface area contributed by atoms with E-state index in [1.54, 1.807) is 6.20 Å². The summed E-state index contributed by atoms with van der Waals surface area (Å²) in [6.45, 7) is 0.503. The van der Waals surface area contributed by atoms with Gasteiger partial charge in [0.15, 0.2) is 6.61 Å². The second-order valence-corrected chi connectivity index (χ2v) is 4.91. The number of carbonyl (C=O) groups excluding carboxylic acids is 1. The normalized spacial score (nSPS) is 10.4. The molecule has 3 rings (SSSR count). The molecule has 0 unspecified atom stereocenters. The number of nitrogens with zero attached hydrogens (tertiary/aromatic N) is 1. The minimum atomic E-state index is -0.143. The Morgan fingerprint density at radius 3 is 2.77 bits per heavy atom. The van der Waals surface area contributed by atoms with E-state index >= 15 is 0 Å². The summed E-state index contributed by atoms with van der Waals surface area (Å²) < 4.78 is 5.52. The maximum Gasteiger partial charge on any atom is 0.258 e. The van der Waals surface area contributed by atoms with E-state index in [0.29, 0.717) is 12.3 Å². The zero-order chi connectivity index (χ0) is 15.2. The molecular formula is C18H16N2O2. The van der Waals surface area contributed by atoms with Gasteiger partial charge in [-0.2, -0.15) is 0 Å². The van der Waals surface area contributed by atoms with Crippen molar-refractivity contribution in [2.75, 3.05) is 6.61 Å². The summed E-state index contributed by atoms with van der Waals surface area (Å²) in [7, 11) is 0. The van der Waals surface area contributed by atoms with Crippen LogP contribution < -0.4 is 10.1 Å². The number of amides is 1. The molecule has 0 atom stereocenters. The Kier molecular flexibility index (Phi) is 4.30. The highest BCUT2D eigenvalue weighted by Gasteiger charge is 2.03. The lowest BCUT2D eigenvalue weighted by atomic mass is 10.2. The third-order valence-electron chi connectivity index (χ3n) is 3.28. The molecule has 1 N–H and O–H groups in total. The quantitative estimate of drug-likeness (QED) is 0.786. The Hall–Kier alpha value is -2.88. The average Bonchev–Trinajstić information content (AvgIpc) is 2.59. The van der Waals surface area contributed by atoms with Crippen molar-refractivity contribution in [2.24, 2.45) is 0 Å². The molecule has 3 aromatic rings. The molecule has 0 fully saturated rings. The lowest BCUT2D eigenvalue weighted by Crippen LogP contribution is -2.28. The molecule has 0 saturated heterocycles. The first-order valence-corrected chi connectivity index (χ1v) is 7.09. The Balaban J connectivity index is 1.53. The lowest BCUT2D eigenvalue weighted by Gasteiger charge is -2.08. The van der Waals surface area contributed by atoms with E-state index in [9.17, 15) is 4.79 Å². The summed E-state index contributed by atoms with van der Waals surface area (Å²) >= 11 is 0. The van der Waals surface area contributed by atoms with E-state index in [0.717, 1.165) is 16.5 Å². The van der Waals surface area contributed by atoms with Crippen molar-refractivity contribution < 1.29 is 9.53 Å². The zero-order valence-corrected chi connectivity index (χ0v) is 12.0. The summed E-state index contributed by atoms with van der Waals surface area (Å²) in [5.41, 5.74) is 1.97. The number of hydrogen-bond donors (Lipinski definition) is 1. The van der Waals surface area contributed by atoms with Gasteiger partial charge in [-0.3, -0.25) is 9.78 Å². The fourth-order valence-electron chi connectivity index (χ4n) is 2.14. The number of aromatic nitrogens is 1. The number of ether oxygens (including phenoxy) is 1. The number of rotatable bonds is 5. The minimum Gasteiger partial charge on any atom is -0.484 e. The van der Waals surface area contributed by atoms with Crippen LogP contribution in [-0.4, -0.2) is 17.5 Å². The second-order valence-electron chi connectivity index (χ2n) is 4.91. The highest BCUT2D eigenvalue weighted by Crippen LogP contribution is 2.18. The third kappa shape index (κ3) is 3.61. The van der Waals surface area contributed by atoms with Gasteiger partial charge in [0.1, 0.15) is 5.75 Å². The van der Waals surface area contributed by atoms with E-state index in [1.807, 2.05) is 60.7 Å². The highest BCUT2D eigenvalue weighted by molar-refractivity contribution is 5.80. The van der Waals surface area contributed by atoms with Gasteiger partial charge in [-0.25, -0.2) is 0 Å². The van der Waals surface area contributed by atoms with Crippen LogP contribution in [0.25, 0.3) is 10.9 Å². The van der Waals surface area contributed by atoms with Gasteiger partial charge < -0.3 is 10.1 Å². The first-order chi connectivity index (χ1) is 10.8. The van der Waals surface area contributed by atoms with Crippen molar-refractivity contribution in [1.29, 1.82) is 0 Å². The summed E-state index contributed by atoms with van der Waals surface area (Å²) in [6, 6.07) is 19.2. The molecule has 1 heterocycles. The van der Waals surface area contributed by atoms with Crippen LogP contribution in [0.5, 0.6) is 5.75 Å². The van der Waals surface area contributed by atoms with Gasteiger partial charge in [0.2, 0.25) is 0 Å². The van der Waals surface area contributed by atoms with Gasteiger partial charge in [-0.05, 0) is 29.8 Å². The topological polar surface area (TPSA) is 51.2 Å². The molecule has 0 bridgehead atoms. The molecule has 0 saturated carbocycles. The monoisotopic (exact) mass is 292 g/mol. The van der Waals surface area contributed by atoms with Crippen LogP contribution in [0.4, 0.5) is 0 Å². The summed E-state index contributed by atoms with van der Waals surface area (Å²) in [4.78, 5) is 16.1. The fourth-order valence-corrected chi connectivity index (χ4v) is 2.14. The number of pyridine rings is 1. The van der Waals surface area contributed by atoms with Crippen LogP contribution >= 0.6 is 0 Å². The van der Waals surface area contributed by atoms with Crippen LogP contribution in [0.2, 0.25) is 0 Å². The third-order valence-corrected chi connectivity index (χ3v) is 3.28. The number of carbonyl (C=O) groups is 1. The van der Waals surface area contributed by atoms with E-state index in [2.05, 4.69) is 10.3 Å². The van der Waals surface area contributed by atoms with Crippen LogP contribution in [0.15, 0.2) is 66.9 Å². The summed E-state index contributed by atoms with van der Waals surface area (Å²) in [6.07, 6.45) is 1.75. The summed E-state index contributed by atoms with van der Waals surface area (Å²) in [5, 5.41) is 3.82. The SMILES string of the molecule is O=C(COc1ccc2ncccc2c1)NCc1ccccc1. The van der Waals surface area contributed by atoms with Crippen LogP contribution in [0.1, 0.15) is 5.56 Å². The molecule has 0 spiro atoms. The number of hydrogen-bond acceptors (Lipinski definition) is 3.